The summed E-state index contributed by atoms with van der Waals surface area (Å²) in [4.78, 5) is 12.0. The maximum Gasteiger partial charge on any atom is 0.267 e. The Bertz CT molecular complexity index is 637. The molecule has 1 aliphatic rings. The van der Waals surface area contributed by atoms with Crippen molar-refractivity contribution < 1.29 is 4.74 Å². The van der Waals surface area contributed by atoms with E-state index >= 15 is 0 Å². The highest BCUT2D eigenvalue weighted by atomic mass is 16.5. The highest BCUT2D eigenvalue weighted by molar-refractivity contribution is 5.21. The van der Waals surface area contributed by atoms with E-state index in [0.717, 1.165) is 36.5 Å². The van der Waals surface area contributed by atoms with Gasteiger partial charge in [-0.2, -0.15) is 5.10 Å². The monoisotopic (exact) mass is 271 g/mol. The first kappa shape index (κ1) is 12.9. The Kier molecular flexibility index (Phi) is 3.78. The van der Waals surface area contributed by atoms with Crippen molar-refractivity contribution in [2.75, 3.05) is 13.2 Å². The summed E-state index contributed by atoms with van der Waals surface area (Å²) in [5, 5.41) is 7.67. The van der Waals surface area contributed by atoms with Crippen LogP contribution in [0.5, 0.6) is 5.75 Å². The molecular weight excluding hydrogens is 254 g/mol. The summed E-state index contributed by atoms with van der Waals surface area (Å²) >= 11 is 0. The molecule has 0 aliphatic carbocycles. The molecule has 0 bridgehead atoms. The number of rotatable bonds is 4. The van der Waals surface area contributed by atoms with E-state index in [2.05, 4.69) is 10.4 Å². The van der Waals surface area contributed by atoms with Gasteiger partial charge in [0.1, 0.15) is 12.4 Å². The summed E-state index contributed by atoms with van der Waals surface area (Å²) in [6.45, 7) is 2.56. The van der Waals surface area contributed by atoms with E-state index < -0.39 is 0 Å². The van der Waals surface area contributed by atoms with Crippen molar-refractivity contribution in [3.63, 3.8) is 0 Å². The van der Waals surface area contributed by atoms with Crippen molar-refractivity contribution in [3.05, 3.63) is 58.0 Å². The summed E-state index contributed by atoms with van der Waals surface area (Å²) in [6.07, 6.45) is 0.870. The Morgan fingerprint density at radius 3 is 3.00 bits per heavy atom. The maximum atomic E-state index is 12.0. The quantitative estimate of drug-likeness (QED) is 0.900. The van der Waals surface area contributed by atoms with Gasteiger partial charge >= 0.3 is 0 Å². The number of benzene rings is 1. The molecule has 20 heavy (non-hydrogen) atoms. The minimum atomic E-state index is -0.0656. The average Bonchev–Trinajstić information content (AvgIpc) is 2.49. The first-order valence-corrected chi connectivity index (χ1v) is 6.81. The smallest absolute Gasteiger partial charge is 0.267 e. The molecule has 0 saturated carbocycles. The molecule has 2 aromatic rings. The molecule has 1 aliphatic heterocycles. The second-order valence-electron chi connectivity index (χ2n) is 4.77. The van der Waals surface area contributed by atoms with E-state index in [9.17, 15) is 4.79 Å². The van der Waals surface area contributed by atoms with Crippen LogP contribution in [0.2, 0.25) is 0 Å². The predicted octanol–water partition coefficient (Wildman–Crippen LogP) is 0.968. The van der Waals surface area contributed by atoms with Crippen molar-refractivity contribution in [2.24, 2.45) is 0 Å². The zero-order valence-electron chi connectivity index (χ0n) is 11.2. The standard InChI is InChI=1S/C15H17N3O2/c19-15-10-12-11-16-7-6-14(12)17-18(15)8-9-20-13-4-2-1-3-5-13/h1-5,10,16H,6-9,11H2. The number of para-hydroxylation sites is 1. The lowest BCUT2D eigenvalue weighted by atomic mass is 10.1. The van der Waals surface area contributed by atoms with Crippen LogP contribution in [0, 0.1) is 0 Å². The third-order valence-corrected chi connectivity index (χ3v) is 3.33. The highest BCUT2D eigenvalue weighted by Gasteiger charge is 2.12. The summed E-state index contributed by atoms with van der Waals surface area (Å²) < 4.78 is 7.09. The number of hydrogen-bond donors (Lipinski definition) is 1. The third-order valence-electron chi connectivity index (χ3n) is 3.33. The molecule has 0 amide bonds. The van der Waals surface area contributed by atoms with Gasteiger partial charge in [0.05, 0.1) is 12.2 Å². The molecule has 1 N–H and O–H groups in total. The predicted molar refractivity (Wildman–Crippen MR) is 75.8 cm³/mol. The van der Waals surface area contributed by atoms with Gasteiger partial charge in [-0.05, 0) is 17.7 Å². The first-order valence-electron chi connectivity index (χ1n) is 6.81. The molecule has 0 atom stereocenters. The largest absolute Gasteiger partial charge is 0.492 e. The Morgan fingerprint density at radius 2 is 2.15 bits per heavy atom. The second kappa shape index (κ2) is 5.88. The molecule has 0 spiro atoms. The van der Waals surface area contributed by atoms with E-state index in [1.165, 1.54) is 4.68 Å². The summed E-state index contributed by atoms with van der Waals surface area (Å²) in [5.41, 5.74) is 1.97. The highest BCUT2D eigenvalue weighted by Crippen LogP contribution is 2.09. The normalized spacial score (nSPS) is 13.8. The molecule has 0 fully saturated rings. The maximum absolute atomic E-state index is 12.0. The van der Waals surface area contributed by atoms with Crippen LogP contribution in [-0.2, 0) is 19.5 Å². The second-order valence-corrected chi connectivity index (χ2v) is 4.77. The third kappa shape index (κ3) is 2.88. The van der Waals surface area contributed by atoms with Crippen molar-refractivity contribution in [2.45, 2.75) is 19.5 Å². The zero-order valence-corrected chi connectivity index (χ0v) is 11.2. The van der Waals surface area contributed by atoms with Crippen LogP contribution in [-0.4, -0.2) is 22.9 Å². The molecule has 1 aromatic carbocycles. The van der Waals surface area contributed by atoms with Gasteiger partial charge in [-0.1, -0.05) is 18.2 Å². The van der Waals surface area contributed by atoms with E-state index in [1.807, 2.05) is 30.3 Å². The Morgan fingerprint density at radius 1 is 1.30 bits per heavy atom. The Balaban J connectivity index is 1.67. The number of hydrogen-bond acceptors (Lipinski definition) is 4. The molecule has 5 nitrogen and oxygen atoms in total. The van der Waals surface area contributed by atoms with Gasteiger partial charge in [0.2, 0.25) is 0 Å². The van der Waals surface area contributed by atoms with Crippen LogP contribution in [0.3, 0.4) is 0 Å². The van der Waals surface area contributed by atoms with Gasteiger partial charge in [0.15, 0.2) is 0 Å². The van der Waals surface area contributed by atoms with E-state index in [1.54, 1.807) is 6.07 Å². The van der Waals surface area contributed by atoms with Gasteiger partial charge < -0.3 is 10.1 Å². The van der Waals surface area contributed by atoms with Gasteiger partial charge in [-0.15, -0.1) is 0 Å². The number of nitrogens with one attached hydrogen (secondary N) is 1. The van der Waals surface area contributed by atoms with E-state index in [4.69, 9.17) is 4.74 Å². The van der Waals surface area contributed by atoms with Crippen molar-refractivity contribution in [3.8, 4) is 5.75 Å². The molecule has 0 saturated heterocycles. The molecular formula is C15H17N3O2. The molecule has 104 valence electrons. The van der Waals surface area contributed by atoms with Gasteiger partial charge in [-0.25, -0.2) is 4.68 Å². The zero-order chi connectivity index (χ0) is 13.8. The number of fused-ring (bicyclic) bond motifs is 1. The van der Waals surface area contributed by atoms with Crippen molar-refractivity contribution >= 4 is 0 Å². The molecule has 5 heteroatoms. The molecule has 0 radical (unpaired) electrons. The number of ether oxygens (including phenoxy) is 1. The van der Waals surface area contributed by atoms with Crippen LogP contribution < -0.4 is 15.6 Å². The number of nitrogens with zero attached hydrogens (tertiary/aromatic N) is 2. The summed E-state index contributed by atoms with van der Waals surface area (Å²) in [6, 6.07) is 11.3. The molecule has 1 aromatic heterocycles. The fraction of sp³-hybridized carbons (Fsp3) is 0.333. The van der Waals surface area contributed by atoms with Crippen LogP contribution in [0.1, 0.15) is 11.3 Å². The Labute approximate surface area is 117 Å². The van der Waals surface area contributed by atoms with Crippen LogP contribution >= 0.6 is 0 Å². The molecule has 0 unspecified atom stereocenters. The molecule has 3 rings (SSSR count). The molecule has 2 heterocycles. The van der Waals surface area contributed by atoms with Crippen LogP contribution in [0.15, 0.2) is 41.2 Å². The first-order chi connectivity index (χ1) is 9.83. The fourth-order valence-electron chi connectivity index (χ4n) is 2.29. The van der Waals surface area contributed by atoms with Crippen LogP contribution in [0.4, 0.5) is 0 Å². The lowest BCUT2D eigenvalue weighted by Crippen LogP contribution is -2.32. The fourth-order valence-corrected chi connectivity index (χ4v) is 2.29. The Hall–Kier alpha value is -2.14. The van der Waals surface area contributed by atoms with Gasteiger partial charge in [0.25, 0.3) is 5.56 Å². The van der Waals surface area contributed by atoms with Crippen molar-refractivity contribution in [1.82, 2.24) is 15.1 Å². The minimum absolute atomic E-state index is 0.0656. The van der Waals surface area contributed by atoms with Gasteiger partial charge in [-0.3, -0.25) is 4.79 Å². The summed E-state index contributed by atoms with van der Waals surface area (Å²) in [7, 11) is 0. The topological polar surface area (TPSA) is 56.2 Å². The van der Waals surface area contributed by atoms with Crippen LogP contribution in [0.25, 0.3) is 0 Å². The number of aromatic nitrogens is 2. The van der Waals surface area contributed by atoms with E-state index in [0.29, 0.717) is 13.2 Å². The lowest BCUT2D eigenvalue weighted by molar-refractivity contribution is 0.286. The SMILES string of the molecule is O=c1cc2c(nn1CCOc1ccccc1)CCNC2. The minimum Gasteiger partial charge on any atom is -0.492 e. The summed E-state index contributed by atoms with van der Waals surface area (Å²) in [5.74, 6) is 0.808. The average molecular weight is 271 g/mol. The lowest BCUT2D eigenvalue weighted by Gasteiger charge is -2.17. The van der Waals surface area contributed by atoms with Gasteiger partial charge in [0, 0.05) is 25.6 Å². The van der Waals surface area contributed by atoms with Crippen molar-refractivity contribution in [1.29, 1.82) is 0 Å². The van der Waals surface area contributed by atoms with E-state index in [-0.39, 0.29) is 5.56 Å².